The summed E-state index contributed by atoms with van der Waals surface area (Å²) in [7, 11) is 0. The number of hydrogen-bond donors (Lipinski definition) is 2. The highest BCUT2D eigenvalue weighted by molar-refractivity contribution is 5.70. The standard InChI is InChI=1S/C20H27N3O/c1-15(2)18-8-5-6-16(22-18)14-21-19-7-3-4-9-20(19)23-12-10-17(24)11-13-23/h3-9,15,17,21,24H,10-14H2,1-2H3. The first-order chi connectivity index (χ1) is 11.6. The smallest absolute Gasteiger partial charge is 0.0602 e. The quantitative estimate of drug-likeness (QED) is 0.878. The SMILES string of the molecule is CC(C)c1cccc(CNc2ccccc2N2CCC(O)CC2)n1. The Kier molecular flexibility index (Phi) is 5.36. The van der Waals surface area contributed by atoms with Crippen LogP contribution in [0.4, 0.5) is 11.4 Å². The van der Waals surface area contributed by atoms with Gasteiger partial charge in [-0.15, -0.1) is 0 Å². The number of rotatable bonds is 5. The van der Waals surface area contributed by atoms with Gasteiger partial charge in [0.25, 0.3) is 0 Å². The normalized spacial score (nSPS) is 15.8. The fraction of sp³-hybridized carbons (Fsp3) is 0.450. The molecule has 4 heteroatoms. The highest BCUT2D eigenvalue weighted by Crippen LogP contribution is 2.28. The first kappa shape index (κ1) is 16.8. The predicted molar refractivity (Wildman–Crippen MR) is 99.5 cm³/mol. The molecule has 0 radical (unpaired) electrons. The van der Waals surface area contributed by atoms with Gasteiger partial charge >= 0.3 is 0 Å². The van der Waals surface area contributed by atoms with Crippen LogP contribution >= 0.6 is 0 Å². The number of pyridine rings is 1. The van der Waals surface area contributed by atoms with Crippen LogP contribution in [0.3, 0.4) is 0 Å². The zero-order chi connectivity index (χ0) is 16.9. The Labute approximate surface area is 144 Å². The Morgan fingerprint density at radius 2 is 1.88 bits per heavy atom. The fourth-order valence-electron chi connectivity index (χ4n) is 3.11. The van der Waals surface area contributed by atoms with E-state index in [9.17, 15) is 5.11 Å². The highest BCUT2D eigenvalue weighted by Gasteiger charge is 2.19. The molecule has 0 unspecified atom stereocenters. The van der Waals surface area contributed by atoms with Crippen molar-refractivity contribution in [3.8, 4) is 0 Å². The summed E-state index contributed by atoms with van der Waals surface area (Å²) in [6, 6.07) is 14.6. The van der Waals surface area contributed by atoms with Crippen molar-refractivity contribution in [3.63, 3.8) is 0 Å². The van der Waals surface area contributed by atoms with E-state index in [1.54, 1.807) is 0 Å². The zero-order valence-electron chi connectivity index (χ0n) is 14.6. The molecule has 128 valence electrons. The summed E-state index contributed by atoms with van der Waals surface area (Å²) in [5.74, 6) is 0.442. The number of aliphatic hydroxyl groups excluding tert-OH is 1. The van der Waals surface area contributed by atoms with Crippen molar-refractivity contribution in [2.75, 3.05) is 23.3 Å². The van der Waals surface area contributed by atoms with E-state index in [-0.39, 0.29) is 6.10 Å². The van der Waals surface area contributed by atoms with Gasteiger partial charge in [0.2, 0.25) is 0 Å². The second-order valence-corrected chi connectivity index (χ2v) is 6.80. The van der Waals surface area contributed by atoms with Crippen LogP contribution in [0.1, 0.15) is 44.0 Å². The van der Waals surface area contributed by atoms with Crippen molar-refractivity contribution in [2.45, 2.75) is 45.3 Å². The van der Waals surface area contributed by atoms with Gasteiger partial charge in [0.05, 0.1) is 29.7 Å². The number of anilines is 2. The van der Waals surface area contributed by atoms with Gasteiger partial charge in [-0.25, -0.2) is 0 Å². The zero-order valence-corrected chi connectivity index (χ0v) is 14.6. The lowest BCUT2D eigenvalue weighted by Crippen LogP contribution is -2.36. The van der Waals surface area contributed by atoms with E-state index in [4.69, 9.17) is 4.98 Å². The van der Waals surface area contributed by atoms with Crippen LogP contribution in [-0.4, -0.2) is 29.3 Å². The van der Waals surface area contributed by atoms with Gasteiger partial charge in [0.1, 0.15) is 0 Å². The van der Waals surface area contributed by atoms with Gasteiger partial charge in [-0.2, -0.15) is 0 Å². The molecule has 2 heterocycles. The third-order valence-electron chi connectivity index (χ3n) is 4.59. The van der Waals surface area contributed by atoms with Gasteiger partial charge in [-0.3, -0.25) is 4.98 Å². The van der Waals surface area contributed by atoms with Crippen molar-refractivity contribution < 1.29 is 5.11 Å². The molecule has 3 rings (SSSR count). The van der Waals surface area contributed by atoms with Crippen molar-refractivity contribution in [1.82, 2.24) is 4.98 Å². The number of para-hydroxylation sites is 2. The molecule has 1 fully saturated rings. The molecule has 0 amide bonds. The molecule has 1 aromatic heterocycles. The number of nitrogens with one attached hydrogen (secondary N) is 1. The minimum Gasteiger partial charge on any atom is -0.393 e. The summed E-state index contributed by atoms with van der Waals surface area (Å²) < 4.78 is 0. The molecular weight excluding hydrogens is 298 g/mol. The van der Waals surface area contributed by atoms with Crippen molar-refractivity contribution in [3.05, 3.63) is 53.9 Å². The van der Waals surface area contributed by atoms with Crippen molar-refractivity contribution in [2.24, 2.45) is 0 Å². The molecule has 0 atom stereocenters. The van der Waals surface area contributed by atoms with E-state index < -0.39 is 0 Å². The lowest BCUT2D eigenvalue weighted by atomic mass is 10.1. The van der Waals surface area contributed by atoms with Crippen molar-refractivity contribution >= 4 is 11.4 Å². The summed E-state index contributed by atoms with van der Waals surface area (Å²) >= 11 is 0. The Morgan fingerprint density at radius 1 is 1.12 bits per heavy atom. The summed E-state index contributed by atoms with van der Waals surface area (Å²) in [6.45, 7) is 6.86. The molecule has 1 saturated heterocycles. The number of nitrogens with zero attached hydrogens (tertiary/aromatic N) is 2. The predicted octanol–water partition coefficient (Wildman–Crippen LogP) is 3.78. The Balaban J connectivity index is 1.70. The summed E-state index contributed by atoms with van der Waals surface area (Å²) in [4.78, 5) is 7.08. The molecular formula is C20H27N3O. The summed E-state index contributed by atoms with van der Waals surface area (Å²) in [6.07, 6.45) is 1.53. The average Bonchev–Trinajstić information content (AvgIpc) is 2.61. The van der Waals surface area contributed by atoms with Gasteiger partial charge in [0.15, 0.2) is 0 Å². The first-order valence-electron chi connectivity index (χ1n) is 8.85. The number of aromatic nitrogens is 1. The molecule has 24 heavy (non-hydrogen) atoms. The highest BCUT2D eigenvalue weighted by atomic mass is 16.3. The third kappa shape index (κ3) is 4.06. The average molecular weight is 325 g/mol. The van der Waals surface area contributed by atoms with Gasteiger partial charge in [-0.05, 0) is 43.0 Å². The Bertz CT molecular complexity index is 663. The molecule has 4 nitrogen and oxygen atoms in total. The minimum absolute atomic E-state index is 0.149. The lowest BCUT2D eigenvalue weighted by Gasteiger charge is -2.33. The number of benzene rings is 1. The third-order valence-corrected chi connectivity index (χ3v) is 4.59. The molecule has 0 saturated carbocycles. The van der Waals surface area contributed by atoms with E-state index in [1.165, 1.54) is 5.69 Å². The molecule has 1 aliphatic rings. The van der Waals surface area contributed by atoms with Crippen LogP contribution in [0, 0.1) is 0 Å². The van der Waals surface area contributed by atoms with Gasteiger partial charge in [-0.1, -0.05) is 32.0 Å². The van der Waals surface area contributed by atoms with Gasteiger partial charge in [0, 0.05) is 18.8 Å². The number of piperidine rings is 1. The van der Waals surface area contributed by atoms with Crippen LogP contribution in [0.2, 0.25) is 0 Å². The second-order valence-electron chi connectivity index (χ2n) is 6.80. The van der Waals surface area contributed by atoms with Crippen LogP contribution < -0.4 is 10.2 Å². The molecule has 0 aliphatic carbocycles. The van der Waals surface area contributed by atoms with E-state index in [1.807, 2.05) is 0 Å². The van der Waals surface area contributed by atoms with E-state index in [0.717, 1.165) is 43.0 Å². The Hall–Kier alpha value is -2.07. The molecule has 2 aromatic rings. The van der Waals surface area contributed by atoms with E-state index >= 15 is 0 Å². The topological polar surface area (TPSA) is 48.4 Å². The van der Waals surface area contributed by atoms with Crippen LogP contribution in [0.15, 0.2) is 42.5 Å². The Morgan fingerprint density at radius 3 is 2.62 bits per heavy atom. The maximum Gasteiger partial charge on any atom is 0.0602 e. The first-order valence-corrected chi connectivity index (χ1v) is 8.85. The molecule has 0 bridgehead atoms. The summed E-state index contributed by atoms with van der Waals surface area (Å²) in [5.41, 5.74) is 4.53. The van der Waals surface area contributed by atoms with Gasteiger partial charge < -0.3 is 15.3 Å². The summed E-state index contributed by atoms with van der Waals surface area (Å²) in [5, 5.41) is 13.3. The van der Waals surface area contributed by atoms with Crippen LogP contribution in [0.25, 0.3) is 0 Å². The fourth-order valence-corrected chi connectivity index (χ4v) is 3.11. The monoisotopic (exact) mass is 325 g/mol. The molecule has 0 spiro atoms. The van der Waals surface area contributed by atoms with E-state index in [2.05, 4.69) is 66.5 Å². The minimum atomic E-state index is -0.149. The van der Waals surface area contributed by atoms with Crippen LogP contribution in [0.5, 0.6) is 0 Å². The van der Waals surface area contributed by atoms with Crippen LogP contribution in [-0.2, 0) is 6.54 Å². The number of aliphatic hydroxyl groups is 1. The lowest BCUT2D eigenvalue weighted by molar-refractivity contribution is 0.145. The largest absolute Gasteiger partial charge is 0.393 e. The van der Waals surface area contributed by atoms with Crippen molar-refractivity contribution in [1.29, 1.82) is 0 Å². The second kappa shape index (κ2) is 7.67. The van der Waals surface area contributed by atoms with E-state index in [0.29, 0.717) is 12.5 Å². The number of hydrogen-bond acceptors (Lipinski definition) is 4. The molecule has 1 aliphatic heterocycles. The molecule has 1 aromatic carbocycles. The maximum absolute atomic E-state index is 9.72. The maximum atomic E-state index is 9.72. The molecule has 2 N–H and O–H groups in total.